The lowest BCUT2D eigenvalue weighted by molar-refractivity contribution is 0.105. The van der Waals surface area contributed by atoms with Crippen LogP contribution >= 0.6 is 0 Å². The van der Waals surface area contributed by atoms with E-state index in [2.05, 4.69) is 21.7 Å². The minimum absolute atomic E-state index is 0.230. The molecule has 1 aliphatic carbocycles. The Labute approximate surface area is 153 Å². The molecule has 3 aromatic rings. The molecule has 0 spiro atoms. The first kappa shape index (κ1) is 16.7. The molecule has 4 rings (SSSR count). The van der Waals surface area contributed by atoms with Crippen molar-refractivity contribution in [1.29, 1.82) is 0 Å². The molecule has 2 unspecified atom stereocenters. The predicted molar refractivity (Wildman–Crippen MR) is 106 cm³/mol. The van der Waals surface area contributed by atoms with E-state index in [1.54, 1.807) is 0 Å². The summed E-state index contributed by atoms with van der Waals surface area (Å²) in [7, 11) is 0. The first-order valence-electron chi connectivity index (χ1n) is 9.14. The first-order valence-corrected chi connectivity index (χ1v) is 9.14. The van der Waals surface area contributed by atoms with Crippen LogP contribution in [-0.2, 0) is 0 Å². The zero-order valence-electron chi connectivity index (χ0n) is 14.9. The lowest BCUT2D eigenvalue weighted by Crippen LogP contribution is -2.21. The van der Waals surface area contributed by atoms with Crippen LogP contribution in [0, 0.1) is 13.5 Å². The van der Waals surface area contributed by atoms with Crippen LogP contribution in [0.1, 0.15) is 37.3 Å². The summed E-state index contributed by atoms with van der Waals surface area (Å²) >= 11 is 0. The number of nitrogens with zero attached hydrogens (tertiary/aromatic N) is 2. The monoisotopic (exact) mass is 345 g/mol. The molecule has 1 aromatic heterocycles. The van der Waals surface area contributed by atoms with Crippen molar-refractivity contribution in [3.8, 4) is 11.1 Å². The molecule has 0 saturated heterocycles. The summed E-state index contributed by atoms with van der Waals surface area (Å²) < 4.78 is 2.30. The van der Waals surface area contributed by atoms with Gasteiger partial charge in [0, 0.05) is 29.0 Å². The zero-order chi connectivity index (χ0) is 18.3. The number of aliphatic hydroxyl groups excluding tert-OH is 1. The topological polar surface area (TPSA) is 55.5 Å². The van der Waals surface area contributed by atoms with Gasteiger partial charge < -0.3 is 15.4 Å². The molecule has 1 aliphatic rings. The van der Waals surface area contributed by atoms with Gasteiger partial charge in [0.05, 0.1) is 12.7 Å². The average molecular weight is 345 g/mol. The fourth-order valence-corrected chi connectivity index (χ4v) is 4.17. The van der Waals surface area contributed by atoms with Gasteiger partial charge in [0.15, 0.2) is 5.69 Å². The summed E-state index contributed by atoms with van der Waals surface area (Å²) in [6.45, 7) is 9.40. The first-order chi connectivity index (χ1) is 12.6. The Bertz CT molecular complexity index is 1010. The molecule has 0 amide bonds. The van der Waals surface area contributed by atoms with Crippen LogP contribution in [0.3, 0.4) is 0 Å². The van der Waals surface area contributed by atoms with E-state index in [0.29, 0.717) is 5.69 Å². The molecule has 0 aliphatic heterocycles. The van der Waals surface area contributed by atoms with E-state index in [9.17, 15) is 5.11 Å². The molecule has 4 nitrogen and oxygen atoms in total. The standard InChI is InChI=1S/C22H23N3O/c1-14-18(7-4-8-21(14)23)20-13-25(16-5-3-6-17(26)12-16)22-10-9-15(24-2)11-19(20)22/h4,7-11,13,16-17,26H,3,5-6,12,23H2,1H3. The number of nitrogen functional groups attached to an aromatic ring is 1. The van der Waals surface area contributed by atoms with Crippen LogP contribution in [0.2, 0.25) is 0 Å². The van der Waals surface area contributed by atoms with E-state index in [0.717, 1.165) is 59.0 Å². The highest BCUT2D eigenvalue weighted by Gasteiger charge is 2.24. The maximum atomic E-state index is 10.1. The molecule has 3 N–H and O–H groups in total. The predicted octanol–water partition coefficient (Wildman–Crippen LogP) is 5.23. The fraction of sp³-hybridized carbons (Fsp3) is 0.318. The van der Waals surface area contributed by atoms with Crippen molar-refractivity contribution in [2.75, 3.05) is 5.73 Å². The van der Waals surface area contributed by atoms with Gasteiger partial charge in [-0.25, -0.2) is 4.85 Å². The summed E-state index contributed by atoms with van der Waals surface area (Å²) in [6, 6.07) is 12.1. The van der Waals surface area contributed by atoms with Crippen molar-refractivity contribution in [2.45, 2.75) is 44.8 Å². The lowest BCUT2D eigenvalue weighted by Gasteiger charge is -2.28. The number of hydrogen-bond donors (Lipinski definition) is 2. The quantitative estimate of drug-likeness (QED) is 0.494. The Morgan fingerprint density at radius 3 is 2.81 bits per heavy atom. The van der Waals surface area contributed by atoms with Crippen LogP contribution in [0.25, 0.3) is 26.9 Å². The SMILES string of the molecule is [C-]#[N+]c1ccc2c(c1)c(-c1cccc(N)c1C)cn2C1CCCC(O)C1. The van der Waals surface area contributed by atoms with Crippen LogP contribution in [0.4, 0.5) is 11.4 Å². The number of anilines is 1. The number of aromatic nitrogens is 1. The molecule has 2 aromatic carbocycles. The van der Waals surface area contributed by atoms with E-state index in [4.69, 9.17) is 12.3 Å². The zero-order valence-corrected chi connectivity index (χ0v) is 14.9. The van der Waals surface area contributed by atoms with Crippen molar-refractivity contribution in [3.63, 3.8) is 0 Å². The molecule has 132 valence electrons. The van der Waals surface area contributed by atoms with Gasteiger partial charge in [-0.1, -0.05) is 18.2 Å². The molecule has 1 fully saturated rings. The van der Waals surface area contributed by atoms with Gasteiger partial charge in [-0.3, -0.25) is 0 Å². The van der Waals surface area contributed by atoms with E-state index in [1.165, 1.54) is 0 Å². The Balaban J connectivity index is 1.95. The molecular formula is C22H23N3O. The largest absolute Gasteiger partial charge is 0.398 e. The minimum Gasteiger partial charge on any atom is -0.398 e. The van der Waals surface area contributed by atoms with Crippen molar-refractivity contribution >= 4 is 22.3 Å². The highest BCUT2D eigenvalue weighted by Crippen LogP contribution is 2.40. The van der Waals surface area contributed by atoms with Crippen molar-refractivity contribution in [1.82, 2.24) is 4.57 Å². The van der Waals surface area contributed by atoms with Crippen LogP contribution < -0.4 is 5.73 Å². The molecule has 1 saturated carbocycles. The van der Waals surface area contributed by atoms with Crippen molar-refractivity contribution in [2.24, 2.45) is 0 Å². The van der Waals surface area contributed by atoms with Gasteiger partial charge in [0.2, 0.25) is 0 Å². The van der Waals surface area contributed by atoms with E-state index in [-0.39, 0.29) is 12.1 Å². The number of benzene rings is 2. The molecule has 0 radical (unpaired) electrons. The summed E-state index contributed by atoms with van der Waals surface area (Å²) in [6.07, 6.45) is 5.73. The molecule has 4 heteroatoms. The normalized spacial score (nSPS) is 20.2. The van der Waals surface area contributed by atoms with Gasteiger partial charge in [0.25, 0.3) is 0 Å². The highest BCUT2D eigenvalue weighted by molar-refractivity contribution is 5.99. The minimum atomic E-state index is -0.230. The van der Waals surface area contributed by atoms with Crippen molar-refractivity contribution < 1.29 is 5.11 Å². The average Bonchev–Trinajstić information content (AvgIpc) is 3.02. The van der Waals surface area contributed by atoms with E-state index < -0.39 is 0 Å². The Hall–Kier alpha value is -2.77. The van der Waals surface area contributed by atoms with E-state index >= 15 is 0 Å². The third-order valence-electron chi connectivity index (χ3n) is 5.62. The summed E-state index contributed by atoms with van der Waals surface area (Å²) in [5.74, 6) is 0. The van der Waals surface area contributed by atoms with Crippen LogP contribution in [0.15, 0.2) is 42.6 Å². The Kier molecular flexibility index (Phi) is 4.18. The smallest absolute Gasteiger partial charge is 0.188 e. The second-order valence-electron chi connectivity index (χ2n) is 7.26. The Morgan fingerprint density at radius 1 is 1.19 bits per heavy atom. The molecule has 0 bridgehead atoms. The fourth-order valence-electron chi connectivity index (χ4n) is 4.17. The van der Waals surface area contributed by atoms with Crippen LogP contribution in [0.5, 0.6) is 0 Å². The molecule has 26 heavy (non-hydrogen) atoms. The van der Waals surface area contributed by atoms with Gasteiger partial charge in [-0.2, -0.15) is 0 Å². The number of fused-ring (bicyclic) bond motifs is 1. The maximum absolute atomic E-state index is 10.1. The third kappa shape index (κ3) is 2.75. The van der Waals surface area contributed by atoms with Gasteiger partial charge in [-0.15, -0.1) is 0 Å². The van der Waals surface area contributed by atoms with Crippen molar-refractivity contribution in [3.05, 3.63) is 59.6 Å². The maximum Gasteiger partial charge on any atom is 0.188 e. The van der Waals surface area contributed by atoms with Gasteiger partial charge in [0.1, 0.15) is 0 Å². The second-order valence-corrected chi connectivity index (χ2v) is 7.26. The molecular weight excluding hydrogens is 322 g/mol. The van der Waals surface area contributed by atoms with Gasteiger partial charge >= 0.3 is 0 Å². The third-order valence-corrected chi connectivity index (χ3v) is 5.62. The van der Waals surface area contributed by atoms with Gasteiger partial charge in [-0.05, 0) is 67.3 Å². The summed E-state index contributed by atoms with van der Waals surface area (Å²) in [5, 5.41) is 11.2. The second kappa shape index (κ2) is 6.51. The summed E-state index contributed by atoms with van der Waals surface area (Å²) in [4.78, 5) is 3.61. The lowest BCUT2D eigenvalue weighted by atomic mass is 9.93. The number of aliphatic hydroxyl groups is 1. The molecule has 2 atom stereocenters. The number of hydrogen-bond acceptors (Lipinski definition) is 2. The van der Waals surface area contributed by atoms with Crippen LogP contribution in [-0.4, -0.2) is 15.8 Å². The summed E-state index contributed by atoms with van der Waals surface area (Å²) in [5.41, 5.74) is 11.9. The molecule has 1 heterocycles. The Morgan fingerprint density at radius 2 is 2.04 bits per heavy atom. The highest BCUT2D eigenvalue weighted by atomic mass is 16.3. The number of rotatable bonds is 2. The number of nitrogens with two attached hydrogens (primary N) is 1. The van der Waals surface area contributed by atoms with E-state index in [1.807, 2.05) is 37.3 Å².